The van der Waals surface area contributed by atoms with Crippen molar-refractivity contribution in [1.82, 2.24) is 4.98 Å². The average Bonchev–Trinajstić information content (AvgIpc) is 2.56. The van der Waals surface area contributed by atoms with Gasteiger partial charge in [-0.1, -0.05) is 0 Å². The monoisotopic (exact) mass is 317 g/mol. The zero-order valence-electron chi connectivity index (χ0n) is 12.0. The van der Waals surface area contributed by atoms with Crippen molar-refractivity contribution in [2.45, 2.75) is 24.4 Å². The zero-order chi connectivity index (χ0) is 16.5. The Hall–Kier alpha value is -1.49. The first-order chi connectivity index (χ1) is 10.5. The standard InChI is InChI=1S/C13H23N3O6/c17-6-11(21)9(19)4-15-8-2-1-3-14-13(8)16-5-10(20)12(22)7-18/h1-3,9-12,15,17-22H,4-7H2,(H,14,16). The Bertz CT molecular complexity index is 397. The molecule has 22 heavy (non-hydrogen) atoms. The Kier molecular flexibility index (Phi) is 8.02. The summed E-state index contributed by atoms with van der Waals surface area (Å²) in [6.07, 6.45) is -3.31. The van der Waals surface area contributed by atoms with Crippen molar-refractivity contribution in [3.8, 4) is 0 Å². The molecule has 0 spiro atoms. The molecule has 9 heteroatoms. The molecule has 1 aromatic heterocycles. The molecule has 0 aliphatic heterocycles. The van der Waals surface area contributed by atoms with E-state index >= 15 is 0 Å². The lowest BCUT2D eigenvalue weighted by atomic mass is 10.2. The topological polar surface area (TPSA) is 158 Å². The molecular weight excluding hydrogens is 294 g/mol. The van der Waals surface area contributed by atoms with Gasteiger partial charge < -0.3 is 41.3 Å². The fourth-order valence-electron chi connectivity index (χ4n) is 1.62. The highest BCUT2D eigenvalue weighted by Gasteiger charge is 2.17. The van der Waals surface area contributed by atoms with E-state index in [0.717, 1.165) is 0 Å². The number of hydrogen-bond donors (Lipinski definition) is 8. The first-order valence-corrected chi connectivity index (χ1v) is 6.86. The van der Waals surface area contributed by atoms with Gasteiger partial charge in [0, 0.05) is 19.3 Å². The fourth-order valence-corrected chi connectivity index (χ4v) is 1.62. The first-order valence-electron chi connectivity index (χ1n) is 6.86. The summed E-state index contributed by atoms with van der Waals surface area (Å²) < 4.78 is 0. The summed E-state index contributed by atoms with van der Waals surface area (Å²) in [6.45, 7) is -1.15. The van der Waals surface area contributed by atoms with Crippen LogP contribution in [0.3, 0.4) is 0 Å². The average molecular weight is 317 g/mol. The lowest BCUT2D eigenvalue weighted by molar-refractivity contribution is -0.00723. The number of hydrogen-bond acceptors (Lipinski definition) is 9. The van der Waals surface area contributed by atoms with E-state index in [1.54, 1.807) is 12.1 Å². The van der Waals surface area contributed by atoms with Crippen LogP contribution in [0.4, 0.5) is 11.5 Å². The van der Waals surface area contributed by atoms with Gasteiger partial charge in [0.15, 0.2) is 0 Å². The maximum absolute atomic E-state index is 9.58. The Labute approximate surface area is 127 Å². The minimum Gasteiger partial charge on any atom is -0.394 e. The summed E-state index contributed by atoms with van der Waals surface area (Å²) in [5, 5.41) is 60.9. The summed E-state index contributed by atoms with van der Waals surface area (Å²) in [4.78, 5) is 4.06. The zero-order valence-corrected chi connectivity index (χ0v) is 12.0. The lowest BCUT2D eigenvalue weighted by Crippen LogP contribution is -2.36. The van der Waals surface area contributed by atoms with Gasteiger partial charge in [0.2, 0.25) is 0 Å². The Balaban J connectivity index is 2.58. The van der Waals surface area contributed by atoms with Crippen LogP contribution in [-0.2, 0) is 0 Å². The third kappa shape index (κ3) is 5.72. The molecule has 0 saturated carbocycles. The highest BCUT2D eigenvalue weighted by Crippen LogP contribution is 2.18. The van der Waals surface area contributed by atoms with Crippen molar-refractivity contribution >= 4 is 11.5 Å². The van der Waals surface area contributed by atoms with Gasteiger partial charge in [0.05, 0.1) is 31.1 Å². The number of rotatable bonds is 10. The van der Waals surface area contributed by atoms with Crippen LogP contribution in [-0.4, -0.2) is 86.3 Å². The number of nitrogens with zero attached hydrogens (tertiary/aromatic N) is 1. The van der Waals surface area contributed by atoms with E-state index in [1.807, 2.05) is 0 Å². The van der Waals surface area contributed by atoms with Crippen molar-refractivity contribution in [3.05, 3.63) is 18.3 Å². The molecule has 8 N–H and O–H groups in total. The van der Waals surface area contributed by atoms with Crippen LogP contribution in [0.5, 0.6) is 0 Å². The molecule has 0 aliphatic carbocycles. The van der Waals surface area contributed by atoms with Crippen molar-refractivity contribution in [2.24, 2.45) is 0 Å². The van der Waals surface area contributed by atoms with Gasteiger partial charge in [0.1, 0.15) is 18.0 Å². The van der Waals surface area contributed by atoms with Crippen molar-refractivity contribution in [2.75, 3.05) is 36.9 Å². The summed E-state index contributed by atoms with van der Waals surface area (Å²) in [5.41, 5.74) is 0.511. The van der Waals surface area contributed by atoms with Gasteiger partial charge in [-0.25, -0.2) is 4.98 Å². The van der Waals surface area contributed by atoms with Crippen molar-refractivity contribution in [3.63, 3.8) is 0 Å². The SMILES string of the molecule is OCC(O)C(O)CNc1cccnc1NCC(O)C(O)CO. The molecule has 1 heterocycles. The van der Waals surface area contributed by atoms with Crippen LogP contribution in [0, 0.1) is 0 Å². The lowest BCUT2D eigenvalue weighted by Gasteiger charge is -2.20. The molecule has 0 fully saturated rings. The highest BCUT2D eigenvalue weighted by molar-refractivity contribution is 5.63. The van der Waals surface area contributed by atoms with Gasteiger partial charge in [-0.05, 0) is 12.1 Å². The largest absolute Gasteiger partial charge is 0.394 e. The van der Waals surface area contributed by atoms with Gasteiger partial charge in [0.25, 0.3) is 0 Å². The molecule has 126 valence electrons. The van der Waals surface area contributed by atoms with Crippen LogP contribution in [0.25, 0.3) is 0 Å². The third-order valence-corrected chi connectivity index (χ3v) is 3.05. The Morgan fingerprint density at radius 1 is 0.864 bits per heavy atom. The number of anilines is 2. The molecule has 0 radical (unpaired) electrons. The second kappa shape index (κ2) is 9.51. The normalized spacial score (nSPS) is 16.6. The highest BCUT2D eigenvalue weighted by atomic mass is 16.4. The molecule has 0 aromatic carbocycles. The fraction of sp³-hybridized carbons (Fsp3) is 0.615. The van der Waals surface area contributed by atoms with E-state index in [1.165, 1.54) is 6.20 Å². The molecular formula is C13H23N3O6. The Morgan fingerprint density at radius 3 is 1.95 bits per heavy atom. The maximum atomic E-state index is 9.58. The number of aromatic nitrogens is 1. The minimum absolute atomic E-state index is 0.0100. The minimum atomic E-state index is -1.26. The first kappa shape index (κ1) is 18.6. The predicted octanol–water partition coefficient (Wildman–Crippen LogP) is -2.67. The van der Waals surface area contributed by atoms with Crippen LogP contribution in [0.2, 0.25) is 0 Å². The molecule has 1 aromatic rings. The second-order valence-electron chi connectivity index (χ2n) is 4.80. The molecule has 0 amide bonds. The number of nitrogens with one attached hydrogen (secondary N) is 2. The number of aliphatic hydroxyl groups is 6. The summed E-state index contributed by atoms with van der Waals surface area (Å²) in [5.74, 6) is 0.373. The van der Waals surface area contributed by atoms with E-state index in [2.05, 4.69) is 15.6 Å². The van der Waals surface area contributed by atoms with E-state index in [-0.39, 0.29) is 13.1 Å². The molecule has 4 unspecified atom stereocenters. The Morgan fingerprint density at radius 2 is 1.41 bits per heavy atom. The maximum Gasteiger partial charge on any atom is 0.149 e. The van der Waals surface area contributed by atoms with Crippen LogP contribution < -0.4 is 10.6 Å². The number of aliphatic hydroxyl groups excluding tert-OH is 6. The van der Waals surface area contributed by atoms with Gasteiger partial charge >= 0.3 is 0 Å². The quantitative estimate of drug-likeness (QED) is 0.230. The van der Waals surface area contributed by atoms with Crippen molar-refractivity contribution in [1.29, 1.82) is 0 Å². The van der Waals surface area contributed by atoms with Crippen LogP contribution in [0.1, 0.15) is 0 Å². The predicted molar refractivity (Wildman–Crippen MR) is 79.4 cm³/mol. The third-order valence-electron chi connectivity index (χ3n) is 3.05. The van der Waals surface area contributed by atoms with Gasteiger partial charge in [-0.15, -0.1) is 0 Å². The number of pyridine rings is 1. The van der Waals surface area contributed by atoms with E-state index < -0.39 is 37.6 Å². The van der Waals surface area contributed by atoms with Gasteiger partial charge in [-0.3, -0.25) is 0 Å². The van der Waals surface area contributed by atoms with Crippen LogP contribution >= 0.6 is 0 Å². The molecule has 0 bridgehead atoms. The molecule has 0 aliphatic rings. The smallest absolute Gasteiger partial charge is 0.149 e. The second-order valence-corrected chi connectivity index (χ2v) is 4.80. The summed E-state index contributed by atoms with van der Waals surface area (Å²) in [7, 11) is 0. The molecule has 0 saturated heterocycles. The van der Waals surface area contributed by atoms with Crippen molar-refractivity contribution < 1.29 is 30.6 Å². The van der Waals surface area contributed by atoms with E-state index in [0.29, 0.717) is 11.5 Å². The molecule has 9 nitrogen and oxygen atoms in total. The summed E-state index contributed by atoms with van der Waals surface area (Å²) >= 11 is 0. The molecule has 4 atom stereocenters. The molecule has 1 rings (SSSR count). The van der Waals surface area contributed by atoms with E-state index in [9.17, 15) is 20.4 Å². The summed E-state index contributed by atoms with van der Waals surface area (Å²) in [6, 6.07) is 3.32. The van der Waals surface area contributed by atoms with Crippen LogP contribution in [0.15, 0.2) is 18.3 Å². The van der Waals surface area contributed by atoms with Gasteiger partial charge in [-0.2, -0.15) is 0 Å². The van der Waals surface area contributed by atoms with E-state index in [4.69, 9.17) is 10.2 Å².